The van der Waals surface area contributed by atoms with Crippen LogP contribution in [-0.4, -0.2) is 34.1 Å². The van der Waals surface area contributed by atoms with Gasteiger partial charge in [0, 0.05) is 11.6 Å². The second-order valence-electron chi connectivity index (χ2n) is 5.20. The van der Waals surface area contributed by atoms with Crippen LogP contribution in [0.5, 0.6) is 0 Å². The lowest BCUT2D eigenvalue weighted by Crippen LogP contribution is -2.55. The molecule has 0 radical (unpaired) electrons. The maximum Gasteiger partial charge on any atom is 0.308 e. The van der Waals surface area contributed by atoms with Crippen LogP contribution in [0.4, 0.5) is 0 Å². The normalized spacial score (nSPS) is 36.7. The first kappa shape index (κ1) is 9.97. The van der Waals surface area contributed by atoms with E-state index < -0.39 is 5.97 Å². The van der Waals surface area contributed by atoms with E-state index in [2.05, 4.69) is 18.7 Å². The molecule has 1 aliphatic heterocycles. The van der Waals surface area contributed by atoms with Gasteiger partial charge in [0.1, 0.15) is 0 Å². The minimum atomic E-state index is -0.607. The van der Waals surface area contributed by atoms with Gasteiger partial charge in [-0.1, -0.05) is 0 Å². The molecule has 0 aromatic carbocycles. The molecule has 80 valence electrons. The summed E-state index contributed by atoms with van der Waals surface area (Å²) in [6.07, 6.45) is 4.36. The zero-order valence-corrected chi connectivity index (χ0v) is 8.99. The van der Waals surface area contributed by atoms with E-state index in [-0.39, 0.29) is 11.5 Å². The van der Waals surface area contributed by atoms with E-state index in [9.17, 15) is 4.79 Å². The third kappa shape index (κ3) is 1.44. The van der Waals surface area contributed by atoms with E-state index in [1.54, 1.807) is 0 Å². The zero-order chi connectivity index (χ0) is 10.3. The molecule has 2 aliphatic rings. The van der Waals surface area contributed by atoms with Crippen LogP contribution in [0.3, 0.4) is 0 Å². The van der Waals surface area contributed by atoms with Crippen LogP contribution in [0.2, 0.25) is 0 Å². The quantitative estimate of drug-likeness (QED) is 0.732. The number of hydrogen-bond donors (Lipinski definition) is 1. The van der Waals surface area contributed by atoms with Crippen molar-refractivity contribution in [3.8, 4) is 0 Å². The Morgan fingerprint density at radius 3 is 2.50 bits per heavy atom. The summed E-state index contributed by atoms with van der Waals surface area (Å²) in [5.74, 6) is -0.712. The highest BCUT2D eigenvalue weighted by Crippen LogP contribution is 2.40. The third-order valence-electron chi connectivity index (χ3n) is 3.92. The maximum atomic E-state index is 10.9. The predicted octanol–water partition coefficient (Wildman–Crippen LogP) is 1.72. The molecule has 1 N–H and O–H groups in total. The lowest BCUT2D eigenvalue weighted by Gasteiger charge is -2.46. The molecular formula is C11H19NO2. The van der Waals surface area contributed by atoms with Crippen molar-refractivity contribution in [3.63, 3.8) is 0 Å². The van der Waals surface area contributed by atoms with Crippen molar-refractivity contribution in [2.24, 2.45) is 5.92 Å². The van der Waals surface area contributed by atoms with Gasteiger partial charge in [-0.25, -0.2) is 0 Å². The highest BCUT2D eigenvalue weighted by Gasteiger charge is 2.46. The largest absolute Gasteiger partial charge is 0.481 e. The van der Waals surface area contributed by atoms with Gasteiger partial charge in [0.25, 0.3) is 0 Å². The summed E-state index contributed by atoms with van der Waals surface area (Å²) >= 11 is 0. The van der Waals surface area contributed by atoms with Crippen LogP contribution >= 0.6 is 0 Å². The van der Waals surface area contributed by atoms with Crippen molar-refractivity contribution in [2.75, 3.05) is 6.54 Å². The molecule has 1 saturated heterocycles. The Morgan fingerprint density at radius 2 is 2.14 bits per heavy atom. The van der Waals surface area contributed by atoms with Crippen LogP contribution in [0.15, 0.2) is 0 Å². The number of carboxylic acid groups (broad SMARTS) is 1. The van der Waals surface area contributed by atoms with Gasteiger partial charge < -0.3 is 5.11 Å². The monoisotopic (exact) mass is 197 g/mol. The summed E-state index contributed by atoms with van der Waals surface area (Å²) in [5, 5.41) is 9.01. The summed E-state index contributed by atoms with van der Waals surface area (Å²) in [6, 6.07) is 0.310. The molecule has 3 nitrogen and oxygen atoms in total. The fraction of sp³-hybridized carbons (Fsp3) is 0.909. The molecule has 0 aromatic heterocycles. The van der Waals surface area contributed by atoms with Crippen LogP contribution in [0, 0.1) is 5.92 Å². The third-order valence-corrected chi connectivity index (χ3v) is 3.92. The summed E-state index contributed by atoms with van der Waals surface area (Å²) in [6.45, 7) is 5.55. The molecule has 0 spiro atoms. The topological polar surface area (TPSA) is 40.5 Å². The van der Waals surface area contributed by atoms with Crippen molar-refractivity contribution in [1.29, 1.82) is 0 Å². The molecule has 0 aromatic rings. The minimum Gasteiger partial charge on any atom is -0.481 e. The molecule has 0 amide bonds. The molecular weight excluding hydrogens is 178 g/mol. The van der Waals surface area contributed by atoms with Gasteiger partial charge in [-0.2, -0.15) is 0 Å². The van der Waals surface area contributed by atoms with E-state index in [1.807, 2.05) is 0 Å². The first-order valence-corrected chi connectivity index (χ1v) is 5.52. The van der Waals surface area contributed by atoms with E-state index in [0.29, 0.717) is 6.04 Å². The van der Waals surface area contributed by atoms with Gasteiger partial charge in [-0.15, -0.1) is 0 Å². The number of rotatable bonds is 2. The Hall–Kier alpha value is -0.570. The lowest BCUT2D eigenvalue weighted by atomic mass is 9.77. The summed E-state index contributed by atoms with van der Waals surface area (Å²) < 4.78 is 0. The molecule has 3 heteroatoms. The Bertz CT molecular complexity index is 250. The average molecular weight is 197 g/mol. The second-order valence-corrected chi connectivity index (χ2v) is 5.20. The summed E-state index contributed by atoms with van der Waals surface area (Å²) in [4.78, 5) is 13.3. The molecule has 2 rings (SSSR count). The van der Waals surface area contributed by atoms with Gasteiger partial charge >= 0.3 is 5.97 Å². The number of nitrogens with zero attached hydrogens (tertiary/aromatic N) is 1. The van der Waals surface area contributed by atoms with Gasteiger partial charge in [0.15, 0.2) is 0 Å². The van der Waals surface area contributed by atoms with E-state index in [0.717, 1.165) is 19.4 Å². The highest BCUT2D eigenvalue weighted by molar-refractivity contribution is 5.72. The van der Waals surface area contributed by atoms with Crippen LogP contribution < -0.4 is 0 Å². The van der Waals surface area contributed by atoms with Gasteiger partial charge in [-0.3, -0.25) is 9.69 Å². The molecule has 1 saturated carbocycles. The Morgan fingerprint density at radius 1 is 1.43 bits per heavy atom. The molecule has 2 unspecified atom stereocenters. The SMILES string of the molecule is CC1(C)CCCN1C1CCC1C(=O)O. The Labute approximate surface area is 85.1 Å². The average Bonchev–Trinajstić information content (AvgIpc) is 2.27. The zero-order valence-electron chi connectivity index (χ0n) is 8.99. The van der Waals surface area contributed by atoms with Crippen LogP contribution in [-0.2, 0) is 4.79 Å². The number of aliphatic carboxylic acids is 1. The van der Waals surface area contributed by atoms with Gasteiger partial charge in [0.05, 0.1) is 5.92 Å². The van der Waals surface area contributed by atoms with E-state index in [4.69, 9.17) is 5.11 Å². The summed E-state index contributed by atoms with van der Waals surface area (Å²) in [5.41, 5.74) is 0.221. The van der Waals surface area contributed by atoms with E-state index >= 15 is 0 Å². The lowest BCUT2D eigenvalue weighted by molar-refractivity contribution is -0.150. The Kier molecular flexibility index (Phi) is 2.30. The first-order valence-electron chi connectivity index (χ1n) is 5.52. The predicted molar refractivity (Wildman–Crippen MR) is 54.2 cm³/mol. The Balaban J connectivity index is 2.05. The molecule has 1 heterocycles. The highest BCUT2D eigenvalue weighted by atomic mass is 16.4. The number of likely N-dealkylation sites (tertiary alicyclic amines) is 1. The van der Waals surface area contributed by atoms with Crippen LogP contribution in [0.1, 0.15) is 39.5 Å². The van der Waals surface area contributed by atoms with Crippen LogP contribution in [0.25, 0.3) is 0 Å². The first-order chi connectivity index (χ1) is 6.52. The molecule has 2 fully saturated rings. The maximum absolute atomic E-state index is 10.9. The second kappa shape index (κ2) is 3.23. The number of carbonyl (C=O) groups is 1. The standard InChI is InChI=1S/C11H19NO2/c1-11(2)6-3-7-12(11)9-5-4-8(9)10(13)14/h8-9H,3-7H2,1-2H3,(H,13,14). The number of hydrogen-bond acceptors (Lipinski definition) is 2. The molecule has 1 aliphatic carbocycles. The molecule has 2 atom stereocenters. The summed E-state index contributed by atoms with van der Waals surface area (Å²) in [7, 11) is 0. The van der Waals surface area contributed by atoms with Crippen molar-refractivity contribution < 1.29 is 9.90 Å². The fourth-order valence-electron chi connectivity index (χ4n) is 2.89. The minimum absolute atomic E-state index is 0.104. The van der Waals surface area contributed by atoms with Crippen molar-refractivity contribution in [2.45, 2.75) is 51.1 Å². The van der Waals surface area contributed by atoms with Crippen molar-refractivity contribution in [1.82, 2.24) is 4.90 Å². The number of carboxylic acids is 1. The van der Waals surface area contributed by atoms with Gasteiger partial charge in [0.2, 0.25) is 0 Å². The molecule has 14 heavy (non-hydrogen) atoms. The molecule has 0 bridgehead atoms. The van der Waals surface area contributed by atoms with Crippen molar-refractivity contribution in [3.05, 3.63) is 0 Å². The van der Waals surface area contributed by atoms with E-state index in [1.165, 1.54) is 12.8 Å². The van der Waals surface area contributed by atoms with Crippen molar-refractivity contribution >= 4 is 5.97 Å². The fourth-order valence-corrected chi connectivity index (χ4v) is 2.89. The van der Waals surface area contributed by atoms with Gasteiger partial charge in [-0.05, 0) is 46.1 Å². The smallest absolute Gasteiger partial charge is 0.308 e.